The van der Waals surface area contributed by atoms with E-state index in [0.717, 1.165) is 13.0 Å². The van der Waals surface area contributed by atoms with E-state index < -0.39 is 12.0 Å². The number of rotatable bonds is 6. The van der Waals surface area contributed by atoms with Crippen molar-refractivity contribution in [3.63, 3.8) is 0 Å². The Morgan fingerprint density at radius 3 is 2.18 bits per heavy atom. The Balaban J connectivity index is 4.11. The lowest BCUT2D eigenvalue weighted by Crippen LogP contribution is -2.48. The van der Waals surface area contributed by atoms with E-state index in [4.69, 9.17) is 5.11 Å². The van der Waals surface area contributed by atoms with Crippen LogP contribution < -0.4 is 5.32 Å². The molecule has 17 heavy (non-hydrogen) atoms. The van der Waals surface area contributed by atoms with Gasteiger partial charge in [-0.3, -0.25) is 0 Å². The Hall–Kier alpha value is -1.30. The number of nitrogens with zero attached hydrogens (tertiary/aromatic N) is 2. The van der Waals surface area contributed by atoms with Gasteiger partial charge in [-0.2, -0.15) is 0 Å². The summed E-state index contributed by atoms with van der Waals surface area (Å²) in [5.74, 6) is -1.01. The van der Waals surface area contributed by atoms with Crippen LogP contribution in [-0.4, -0.2) is 66.7 Å². The van der Waals surface area contributed by atoms with Crippen LogP contribution in [0, 0.1) is 0 Å². The summed E-state index contributed by atoms with van der Waals surface area (Å²) < 4.78 is 0. The molecule has 0 rings (SSSR count). The van der Waals surface area contributed by atoms with Crippen LogP contribution in [0.15, 0.2) is 0 Å². The number of aliphatic carboxylic acids is 1. The lowest BCUT2D eigenvalue weighted by molar-refractivity contribution is -0.141. The molecule has 0 radical (unpaired) electrons. The number of nitrogens with one attached hydrogen (secondary N) is 1. The van der Waals surface area contributed by atoms with Crippen LogP contribution in [0.2, 0.25) is 0 Å². The molecule has 2 N–H and O–H groups in total. The zero-order chi connectivity index (χ0) is 13.6. The first-order valence-corrected chi connectivity index (χ1v) is 5.66. The van der Waals surface area contributed by atoms with Crippen LogP contribution in [0.3, 0.4) is 0 Å². The molecule has 0 spiro atoms. The molecule has 0 heterocycles. The summed E-state index contributed by atoms with van der Waals surface area (Å²) in [6.07, 6.45) is 0.827. The highest BCUT2D eigenvalue weighted by Gasteiger charge is 2.22. The summed E-state index contributed by atoms with van der Waals surface area (Å²) in [6, 6.07) is -1.16. The first-order valence-electron chi connectivity index (χ1n) is 5.66. The third-order valence-corrected chi connectivity index (χ3v) is 2.64. The van der Waals surface area contributed by atoms with E-state index in [1.807, 2.05) is 25.9 Å². The summed E-state index contributed by atoms with van der Waals surface area (Å²) in [7, 11) is 5.41. The van der Waals surface area contributed by atoms with Gasteiger partial charge >= 0.3 is 12.0 Å². The van der Waals surface area contributed by atoms with Gasteiger partial charge in [0, 0.05) is 13.1 Å². The predicted octanol–water partition coefficient (Wildman–Crippen LogP) is 0.441. The van der Waals surface area contributed by atoms with Crippen molar-refractivity contribution in [2.24, 2.45) is 0 Å². The van der Waals surface area contributed by atoms with Crippen molar-refractivity contribution in [1.82, 2.24) is 15.1 Å². The molecular weight excluding hydrogens is 222 g/mol. The highest BCUT2D eigenvalue weighted by Crippen LogP contribution is 1.99. The highest BCUT2D eigenvalue weighted by molar-refractivity contribution is 5.82. The minimum atomic E-state index is -1.01. The number of likely N-dealkylation sites (N-methyl/N-ethyl adjacent to an activating group) is 1. The molecule has 6 heteroatoms. The van der Waals surface area contributed by atoms with Gasteiger partial charge < -0.3 is 20.2 Å². The molecule has 0 bridgehead atoms. The molecule has 0 aliphatic carbocycles. The zero-order valence-corrected chi connectivity index (χ0v) is 11.2. The average molecular weight is 245 g/mol. The van der Waals surface area contributed by atoms with Crippen molar-refractivity contribution in [3.05, 3.63) is 0 Å². The molecular formula is C11H23N3O3. The molecule has 100 valence electrons. The average Bonchev–Trinajstić information content (AvgIpc) is 2.23. The number of carbonyl (C=O) groups is 2. The van der Waals surface area contributed by atoms with Crippen molar-refractivity contribution in [2.45, 2.75) is 32.4 Å². The van der Waals surface area contributed by atoms with Gasteiger partial charge in [-0.25, -0.2) is 9.59 Å². The van der Waals surface area contributed by atoms with E-state index in [-0.39, 0.29) is 12.1 Å². The van der Waals surface area contributed by atoms with Crippen LogP contribution in [0.4, 0.5) is 4.79 Å². The molecule has 0 saturated carbocycles. The fourth-order valence-electron chi connectivity index (χ4n) is 1.18. The van der Waals surface area contributed by atoms with Gasteiger partial charge in [0.1, 0.15) is 6.04 Å². The van der Waals surface area contributed by atoms with Gasteiger partial charge in [0.15, 0.2) is 0 Å². The second-order valence-corrected chi connectivity index (χ2v) is 4.57. The minimum Gasteiger partial charge on any atom is -0.480 e. The zero-order valence-electron chi connectivity index (χ0n) is 11.2. The van der Waals surface area contributed by atoms with E-state index in [1.165, 1.54) is 18.9 Å². The van der Waals surface area contributed by atoms with Crippen molar-refractivity contribution in [1.29, 1.82) is 0 Å². The fraction of sp³-hybridized carbons (Fsp3) is 0.818. The maximum atomic E-state index is 11.7. The molecule has 0 aromatic heterocycles. The Kier molecular flexibility index (Phi) is 6.57. The number of amides is 2. The molecule has 2 atom stereocenters. The van der Waals surface area contributed by atoms with Crippen LogP contribution in [0.5, 0.6) is 0 Å². The van der Waals surface area contributed by atoms with E-state index in [1.54, 1.807) is 0 Å². The van der Waals surface area contributed by atoms with Gasteiger partial charge in [-0.15, -0.1) is 0 Å². The number of urea groups is 1. The Morgan fingerprint density at radius 1 is 1.24 bits per heavy atom. The molecule has 0 fully saturated rings. The van der Waals surface area contributed by atoms with Crippen LogP contribution in [-0.2, 0) is 4.79 Å². The van der Waals surface area contributed by atoms with Gasteiger partial charge in [-0.05, 0) is 40.9 Å². The highest BCUT2D eigenvalue weighted by atomic mass is 16.4. The van der Waals surface area contributed by atoms with E-state index in [2.05, 4.69) is 5.32 Å². The first-order chi connectivity index (χ1) is 7.75. The summed E-state index contributed by atoms with van der Waals surface area (Å²) in [6.45, 7) is 4.26. The lowest BCUT2D eigenvalue weighted by Gasteiger charge is -2.24. The van der Waals surface area contributed by atoms with Crippen LogP contribution in [0.25, 0.3) is 0 Å². The monoisotopic (exact) mass is 245 g/mol. The first kappa shape index (κ1) is 15.7. The number of hydrogen-bond acceptors (Lipinski definition) is 3. The maximum absolute atomic E-state index is 11.7. The van der Waals surface area contributed by atoms with Crippen LogP contribution in [0.1, 0.15) is 20.3 Å². The Bertz CT molecular complexity index is 269. The SMILES string of the molecule is CC(CCN(C)C)NC(=O)N(C)C(C)C(=O)O. The topological polar surface area (TPSA) is 72.9 Å². The van der Waals surface area contributed by atoms with Crippen molar-refractivity contribution >= 4 is 12.0 Å². The molecule has 2 unspecified atom stereocenters. The van der Waals surface area contributed by atoms with Crippen molar-refractivity contribution in [3.8, 4) is 0 Å². The second-order valence-electron chi connectivity index (χ2n) is 4.57. The van der Waals surface area contributed by atoms with E-state index in [9.17, 15) is 9.59 Å². The van der Waals surface area contributed by atoms with Gasteiger partial charge in [0.25, 0.3) is 0 Å². The van der Waals surface area contributed by atoms with E-state index in [0.29, 0.717) is 0 Å². The molecule has 6 nitrogen and oxygen atoms in total. The Morgan fingerprint density at radius 2 is 1.76 bits per heavy atom. The summed E-state index contributed by atoms with van der Waals surface area (Å²) in [5.41, 5.74) is 0. The molecule has 0 aliphatic rings. The molecule has 2 amide bonds. The minimum absolute atomic E-state index is 0.0216. The third-order valence-electron chi connectivity index (χ3n) is 2.64. The largest absolute Gasteiger partial charge is 0.480 e. The number of hydrogen-bond donors (Lipinski definition) is 2. The quantitative estimate of drug-likeness (QED) is 0.712. The summed E-state index contributed by atoms with van der Waals surface area (Å²) in [4.78, 5) is 25.6. The standard InChI is InChI=1S/C11H23N3O3/c1-8(6-7-13(3)4)12-11(17)14(5)9(2)10(15)16/h8-9H,6-7H2,1-5H3,(H,12,17)(H,15,16). The fourth-order valence-corrected chi connectivity index (χ4v) is 1.18. The van der Waals surface area contributed by atoms with Crippen LogP contribution >= 0.6 is 0 Å². The summed E-state index contributed by atoms with van der Waals surface area (Å²) >= 11 is 0. The molecule has 0 saturated heterocycles. The summed E-state index contributed by atoms with van der Waals surface area (Å²) in [5, 5.41) is 11.6. The van der Waals surface area contributed by atoms with E-state index >= 15 is 0 Å². The van der Waals surface area contributed by atoms with Gasteiger partial charge in [0.2, 0.25) is 0 Å². The molecule has 0 aromatic carbocycles. The molecule has 0 aliphatic heterocycles. The van der Waals surface area contributed by atoms with Gasteiger partial charge in [-0.1, -0.05) is 0 Å². The van der Waals surface area contributed by atoms with Crippen molar-refractivity contribution in [2.75, 3.05) is 27.7 Å². The normalized spacial score (nSPS) is 14.2. The maximum Gasteiger partial charge on any atom is 0.326 e. The smallest absolute Gasteiger partial charge is 0.326 e. The second kappa shape index (κ2) is 7.11. The molecule has 0 aromatic rings. The number of carboxylic acids is 1. The third kappa shape index (κ3) is 6.11. The number of carbonyl (C=O) groups excluding carboxylic acids is 1. The van der Waals surface area contributed by atoms with Gasteiger partial charge in [0.05, 0.1) is 0 Å². The predicted molar refractivity (Wildman–Crippen MR) is 66.0 cm³/mol. The number of carboxylic acid groups (broad SMARTS) is 1. The Labute approximate surface area is 103 Å². The lowest BCUT2D eigenvalue weighted by atomic mass is 10.2. The van der Waals surface area contributed by atoms with Crippen molar-refractivity contribution < 1.29 is 14.7 Å².